The number of aromatic nitrogens is 3. The van der Waals surface area contributed by atoms with Crippen molar-refractivity contribution >= 4 is 17.6 Å². The van der Waals surface area contributed by atoms with E-state index in [0.29, 0.717) is 6.04 Å². The van der Waals surface area contributed by atoms with Crippen LogP contribution in [0, 0.1) is 0 Å². The molecule has 1 fully saturated rings. The van der Waals surface area contributed by atoms with Crippen LogP contribution in [0.4, 0.5) is 5.82 Å². The summed E-state index contributed by atoms with van der Waals surface area (Å²) >= 11 is 2.00. The average Bonchev–Trinajstić information content (AvgIpc) is 2.78. The maximum atomic E-state index is 4.11. The Morgan fingerprint density at radius 1 is 1.53 bits per heavy atom. The van der Waals surface area contributed by atoms with Gasteiger partial charge in [-0.05, 0) is 31.9 Å². The number of thioether (sulfide) groups is 1. The Bertz CT molecular complexity index is 339. The zero-order valence-corrected chi connectivity index (χ0v) is 11.5. The minimum absolute atomic E-state index is 0.593. The highest BCUT2D eigenvalue weighted by Gasteiger charge is 2.21. The molecule has 1 N–H and O–H groups in total. The molecule has 1 aliphatic rings. The molecule has 0 aliphatic heterocycles. The zero-order chi connectivity index (χ0) is 12.1. The predicted molar refractivity (Wildman–Crippen MR) is 73.5 cm³/mol. The quantitative estimate of drug-likeness (QED) is 0.877. The molecule has 0 bridgehead atoms. The number of hydrogen-bond donors (Lipinski definition) is 1. The van der Waals surface area contributed by atoms with E-state index in [1.807, 2.05) is 22.6 Å². The molecular weight excluding hydrogens is 232 g/mol. The summed E-state index contributed by atoms with van der Waals surface area (Å²) in [4.78, 5) is 0. The molecule has 2 unspecified atom stereocenters. The second-order valence-electron chi connectivity index (χ2n) is 4.71. The van der Waals surface area contributed by atoms with E-state index in [2.05, 4.69) is 28.8 Å². The van der Waals surface area contributed by atoms with Crippen molar-refractivity contribution in [2.75, 3.05) is 11.6 Å². The van der Waals surface area contributed by atoms with Crippen molar-refractivity contribution in [1.82, 2.24) is 15.0 Å². The molecule has 2 atom stereocenters. The van der Waals surface area contributed by atoms with Crippen LogP contribution in [0.2, 0.25) is 0 Å². The Labute approximate surface area is 108 Å². The molecule has 2 rings (SSSR count). The summed E-state index contributed by atoms with van der Waals surface area (Å²) in [5.74, 6) is 1.08. The monoisotopic (exact) mass is 254 g/mol. The fraction of sp³-hybridized carbons (Fsp3) is 0.833. The van der Waals surface area contributed by atoms with Crippen molar-refractivity contribution in [3.63, 3.8) is 0 Å². The fourth-order valence-electron chi connectivity index (χ4n) is 2.45. The first-order valence-corrected chi connectivity index (χ1v) is 7.80. The minimum Gasteiger partial charge on any atom is -0.366 e. The molecule has 0 amide bonds. The second-order valence-corrected chi connectivity index (χ2v) is 5.85. The van der Waals surface area contributed by atoms with Crippen molar-refractivity contribution in [3.05, 3.63) is 6.20 Å². The van der Waals surface area contributed by atoms with Crippen LogP contribution in [0.15, 0.2) is 6.20 Å². The molecular formula is C12H22N4S. The van der Waals surface area contributed by atoms with E-state index in [9.17, 15) is 0 Å². The number of aryl methyl sites for hydroxylation is 1. The summed E-state index contributed by atoms with van der Waals surface area (Å²) in [6.07, 6.45) is 10.4. The molecule has 1 aliphatic carbocycles. The lowest BCUT2D eigenvalue weighted by molar-refractivity contribution is 0.468. The molecule has 4 nitrogen and oxygen atoms in total. The van der Waals surface area contributed by atoms with Crippen LogP contribution in [0.25, 0.3) is 0 Å². The van der Waals surface area contributed by atoms with Gasteiger partial charge in [0.05, 0.1) is 6.20 Å². The predicted octanol–water partition coefficient (Wildman–Crippen LogP) is 2.77. The third-order valence-corrected chi connectivity index (χ3v) is 4.46. The zero-order valence-electron chi connectivity index (χ0n) is 10.7. The first kappa shape index (κ1) is 12.7. The maximum Gasteiger partial charge on any atom is 0.145 e. The summed E-state index contributed by atoms with van der Waals surface area (Å²) in [5.41, 5.74) is 0. The van der Waals surface area contributed by atoms with Crippen LogP contribution in [-0.2, 0) is 6.54 Å². The van der Waals surface area contributed by atoms with E-state index in [0.717, 1.165) is 24.0 Å². The number of rotatable bonds is 5. The molecule has 1 saturated carbocycles. The lowest BCUT2D eigenvalue weighted by atomic mass is 9.95. The SMILES string of the molecule is CCCn1nncc1NC1CCCC(SC)C1. The lowest BCUT2D eigenvalue weighted by Crippen LogP contribution is -2.29. The smallest absolute Gasteiger partial charge is 0.145 e. The first-order chi connectivity index (χ1) is 8.33. The number of hydrogen-bond acceptors (Lipinski definition) is 4. The molecule has 0 saturated heterocycles. The second kappa shape index (κ2) is 6.28. The summed E-state index contributed by atoms with van der Waals surface area (Å²) < 4.78 is 1.97. The van der Waals surface area contributed by atoms with Crippen LogP contribution in [0.1, 0.15) is 39.0 Å². The number of anilines is 1. The molecule has 5 heteroatoms. The van der Waals surface area contributed by atoms with Crippen LogP contribution >= 0.6 is 11.8 Å². The first-order valence-electron chi connectivity index (χ1n) is 6.51. The molecule has 1 aromatic heterocycles. The van der Waals surface area contributed by atoms with E-state index in [4.69, 9.17) is 0 Å². The number of nitrogens with one attached hydrogen (secondary N) is 1. The summed E-state index contributed by atoms with van der Waals surface area (Å²) in [6.45, 7) is 3.11. The largest absolute Gasteiger partial charge is 0.366 e. The third kappa shape index (κ3) is 3.37. The van der Waals surface area contributed by atoms with Crippen molar-refractivity contribution in [2.45, 2.75) is 56.9 Å². The van der Waals surface area contributed by atoms with Crippen LogP contribution in [0.3, 0.4) is 0 Å². The molecule has 17 heavy (non-hydrogen) atoms. The lowest BCUT2D eigenvalue weighted by Gasteiger charge is -2.29. The van der Waals surface area contributed by atoms with Gasteiger partial charge in [0.15, 0.2) is 0 Å². The molecule has 0 spiro atoms. The normalized spacial score (nSPS) is 24.8. The highest BCUT2D eigenvalue weighted by Crippen LogP contribution is 2.28. The Morgan fingerprint density at radius 2 is 2.41 bits per heavy atom. The van der Waals surface area contributed by atoms with Gasteiger partial charge in [-0.1, -0.05) is 18.6 Å². The van der Waals surface area contributed by atoms with Gasteiger partial charge in [-0.3, -0.25) is 0 Å². The standard InChI is InChI=1S/C12H22N4S/c1-3-7-16-12(9-13-15-16)14-10-5-4-6-11(8-10)17-2/h9-11,14H,3-8H2,1-2H3. The van der Waals surface area contributed by atoms with Gasteiger partial charge in [-0.2, -0.15) is 11.8 Å². The summed E-state index contributed by atoms with van der Waals surface area (Å²) in [6, 6.07) is 0.593. The van der Waals surface area contributed by atoms with Crippen molar-refractivity contribution < 1.29 is 0 Å². The van der Waals surface area contributed by atoms with Gasteiger partial charge in [0.1, 0.15) is 5.82 Å². The Hall–Kier alpha value is -0.710. The van der Waals surface area contributed by atoms with Gasteiger partial charge >= 0.3 is 0 Å². The molecule has 0 radical (unpaired) electrons. The van der Waals surface area contributed by atoms with Crippen molar-refractivity contribution in [2.24, 2.45) is 0 Å². The highest BCUT2D eigenvalue weighted by atomic mass is 32.2. The van der Waals surface area contributed by atoms with Gasteiger partial charge in [0, 0.05) is 17.8 Å². The molecule has 96 valence electrons. The van der Waals surface area contributed by atoms with E-state index in [-0.39, 0.29) is 0 Å². The Morgan fingerprint density at radius 3 is 3.18 bits per heavy atom. The topological polar surface area (TPSA) is 42.7 Å². The molecule has 1 aromatic rings. The number of nitrogens with zero attached hydrogens (tertiary/aromatic N) is 3. The minimum atomic E-state index is 0.593. The Balaban J connectivity index is 1.93. The van der Waals surface area contributed by atoms with Gasteiger partial charge in [-0.15, -0.1) is 5.10 Å². The van der Waals surface area contributed by atoms with E-state index >= 15 is 0 Å². The maximum absolute atomic E-state index is 4.11. The molecule has 0 aromatic carbocycles. The van der Waals surface area contributed by atoms with E-state index in [1.165, 1.54) is 25.7 Å². The highest BCUT2D eigenvalue weighted by molar-refractivity contribution is 7.99. The Kier molecular flexibility index (Phi) is 4.71. The van der Waals surface area contributed by atoms with E-state index in [1.54, 1.807) is 0 Å². The van der Waals surface area contributed by atoms with Gasteiger partial charge < -0.3 is 5.32 Å². The van der Waals surface area contributed by atoms with Gasteiger partial charge in [-0.25, -0.2) is 4.68 Å². The van der Waals surface area contributed by atoms with Gasteiger partial charge in [0.2, 0.25) is 0 Å². The summed E-state index contributed by atoms with van der Waals surface area (Å²) in [7, 11) is 0. The molecule has 1 heterocycles. The average molecular weight is 254 g/mol. The fourth-order valence-corrected chi connectivity index (χ4v) is 3.27. The van der Waals surface area contributed by atoms with Crippen molar-refractivity contribution in [1.29, 1.82) is 0 Å². The van der Waals surface area contributed by atoms with Crippen LogP contribution < -0.4 is 5.32 Å². The van der Waals surface area contributed by atoms with Crippen molar-refractivity contribution in [3.8, 4) is 0 Å². The van der Waals surface area contributed by atoms with Crippen LogP contribution in [0.5, 0.6) is 0 Å². The van der Waals surface area contributed by atoms with Gasteiger partial charge in [0.25, 0.3) is 0 Å². The van der Waals surface area contributed by atoms with Crippen LogP contribution in [-0.4, -0.2) is 32.5 Å². The third-order valence-electron chi connectivity index (χ3n) is 3.36. The summed E-state index contributed by atoms with van der Waals surface area (Å²) in [5, 5.41) is 12.5. The van der Waals surface area contributed by atoms with E-state index < -0.39 is 0 Å².